The summed E-state index contributed by atoms with van der Waals surface area (Å²) in [6, 6.07) is 10.8. The van der Waals surface area contributed by atoms with Gasteiger partial charge < -0.3 is 0 Å². The molecule has 2 N–H and O–H groups in total. The molecule has 0 aliphatic carbocycles. The number of likely N-dealkylation sites (N-methyl/N-ethyl adjacent to an activating group) is 1. The Balaban J connectivity index is 2.55. The van der Waals surface area contributed by atoms with Crippen molar-refractivity contribution in [1.82, 2.24) is 20.3 Å². The molecule has 17 heavy (non-hydrogen) atoms. The molecule has 0 amide bonds. The molecule has 0 heterocycles. The molecule has 96 valence electrons. The molecule has 0 aliphatic rings. The van der Waals surface area contributed by atoms with Crippen molar-refractivity contribution in [3.63, 3.8) is 0 Å². The Morgan fingerprint density at radius 3 is 2.41 bits per heavy atom. The van der Waals surface area contributed by atoms with Crippen LogP contribution in [0.5, 0.6) is 0 Å². The van der Waals surface area contributed by atoms with Crippen molar-refractivity contribution in [1.29, 1.82) is 0 Å². The van der Waals surface area contributed by atoms with Gasteiger partial charge in [-0.05, 0) is 19.5 Å². The van der Waals surface area contributed by atoms with Crippen LogP contribution in [0, 0.1) is 0 Å². The Kier molecular flexibility index (Phi) is 6.54. The third-order valence-electron chi connectivity index (χ3n) is 2.88. The quantitative estimate of drug-likeness (QED) is 0.508. The average Bonchev–Trinajstić information content (AvgIpc) is 2.39. The van der Waals surface area contributed by atoms with E-state index in [2.05, 4.69) is 59.3 Å². The molecule has 0 fully saturated rings. The summed E-state index contributed by atoms with van der Waals surface area (Å²) in [5.74, 6) is 0. The summed E-state index contributed by atoms with van der Waals surface area (Å²) in [5, 5.41) is 4.14. The lowest BCUT2D eigenvalue weighted by atomic mass is 10.1. The number of benzene rings is 1. The SMILES string of the molecule is CNN(CCN(C)NS)C(C)c1ccccc1. The van der Waals surface area contributed by atoms with E-state index in [0.717, 1.165) is 13.1 Å². The van der Waals surface area contributed by atoms with Gasteiger partial charge in [-0.1, -0.05) is 43.1 Å². The van der Waals surface area contributed by atoms with Gasteiger partial charge >= 0.3 is 0 Å². The largest absolute Gasteiger partial charge is 0.258 e. The summed E-state index contributed by atoms with van der Waals surface area (Å²) in [4.78, 5) is 2.80. The van der Waals surface area contributed by atoms with Crippen LogP contribution in [-0.2, 0) is 0 Å². The number of hydrogen-bond donors (Lipinski definition) is 3. The van der Waals surface area contributed by atoms with Gasteiger partial charge in [0.25, 0.3) is 0 Å². The van der Waals surface area contributed by atoms with Gasteiger partial charge in [0.2, 0.25) is 0 Å². The highest BCUT2D eigenvalue weighted by Gasteiger charge is 2.13. The van der Waals surface area contributed by atoms with E-state index in [4.69, 9.17) is 0 Å². The Labute approximate surface area is 109 Å². The zero-order valence-corrected chi connectivity index (χ0v) is 11.6. The van der Waals surface area contributed by atoms with E-state index >= 15 is 0 Å². The van der Waals surface area contributed by atoms with Crippen molar-refractivity contribution in [3.05, 3.63) is 35.9 Å². The van der Waals surface area contributed by atoms with Crippen molar-refractivity contribution >= 4 is 12.8 Å². The molecule has 0 saturated carbocycles. The zero-order chi connectivity index (χ0) is 12.7. The van der Waals surface area contributed by atoms with Crippen LogP contribution in [0.4, 0.5) is 0 Å². The molecule has 0 bridgehead atoms. The number of hydrogen-bond acceptors (Lipinski definition) is 5. The minimum atomic E-state index is 0.342. The van der Waals surface area contributed by atoms with Gasteiger partial charge in [0.15, 0.2) is 0 Å². The van der Waals surface area contributed by atoms with Gasteiger partial charge in [-0.3, -0.25) is 5.43 Å². The molecule has 1 aromatic rings. The van der Waals surface area contributed by atoms with Crippen LogP contribution >= 0.6 is 12.8 Å². The second-order valence-corrected chi connectivity index (χ2v) is 4.23. The zero-order valence-electron chi connectivity index (χ0n) is 10.7. The predicted molar refractivity (Wildman–Crippen MR) is 75.4 cm³/mol. The highest BCUT2D eigenvalue weighted by molar-refractivity contribution is 7.78. The molecule has 0 aromatic heterocycles. The first-order chi connectivity index (χ1) is 8.19. The minimum Gasteiger partial charge on any atom is -0.258 e. The topological polar surface area (TPSA) is 30.5 Å². The molecule has 1 rings (SSSR count). The van der Waals surface area contributed by atoms with E-state index < -0.39 is 0 Å². The number of nitrogens with zero attached hydrogens (tertiary/aromatic N) is 2. The van der Waals surface area contributed by atoms with Crippen LogP contribution < -0.4 is 10.3 Å². The second kappa shape index (κ2) is 7.68. The molecule has 0 aliphatic heterocycles. The summed E-state index contributed by atoms with van der Waals surface area (Å²) >= 11 is 4.01. The number of nitrogens with one attached hydrogen (secondary N) is 2. The number of thiol groups is 1. The fourth-order valence-corrected chi connectivity index (χ4v) is 1.82. The Morgan fingerprint density at radius 2 is 1.88 bits per heavy atom. The van der Waals surface area contributed by atoms with Crippen molar-refractivity contribution in [2.75, 3.05) is 27.2 Å². The van der Waals surface area contributed by atoms with E-state index in [1.54, 1.807) is 0 Å². The van der Waals surface area contributed by atoms with Gasteiger partial charge in [-0.2, -0.15) is 0 Å². The first-order valence-corrected chi connectivity index (χ1v) is 6.23. The highest BCUT2D eigenvalue weighted by Crippen LogP contribution is 2.17. The van der Waals surface area contributed by atoms with Crippen LogP contribution in [-0.4, -0.2) is 37.2 Å². The molecule has 1 atom stereocenters. The summed E-state index contributed by atoms with van der Waals surface area (Å²) in [6.07, 6.45) is 0. The lowest BCUT2D eigenvalue weighted by molar-refractivity contribution is 0.127. The van der Waals surface area contributed by atoms with E-state index in [1.165, 1.54) is 5.56 Å². The smallest absolute Gasteiger partial charge is 0.0465 e. The fourth-order valence-electron chi connectivity index (χ4n) is 1.72. The molecule has 0 spiro atoms. The van der Waals surface area contributed by atoms with E-state index in [0.29, 0.717) is 6.04 Å². The van der Waals surface area contributed by atoms with Crippen LogP contribution in [0.3, 0.4) is 0 Å². The standard InChI is InChI=1S/C12H22N4S/c1-11(12-7-5-4-6-8-12)16(13-2)10-9-15(3)14-17/h4-8,11,13-14,17H,9-10H2,1-3H3. The third-order valence-corrected chi connectivity index (χ3v) is 3.23. The Morgan fingerprint density at radius 1 is 1.24 bits per heavy atom. The van der Waals surface area contributed by atoms with Gasteiger partial charge in [-0.25, -0.2) is 14.8 Å². The molecule has 4 nitrogen and oxygen atoms in total. The molecule has 1 aromatic carbocycles. The molecular weight excluding hydrogens is 232 g/mol. The molecule has 0 radical (unpaired) electrons. The molecular formula is C12H22N4S. The molecule has 1 unspecified atom stereocenters. The minimum absolute atomic E-state index is 0.342. The third kappa shape index (κ3) is 4.65. The van der Waals surface area contributed by atoms with Gasteiger partial charge in [0.05, 0.1) is 0 Å². The maximum Gasteiger partial charge on any atom is 0.0465 e. The Bertz CT molecular complexity index is 307. The van der Waals surface area contributed by atoms with Crippen LogP contribution in [0.2, 0.25) is 0 Å². The van der Waals surface area contributed by atoms with E-state index in [-0.39, 0.29) is 0 Å². The fraction of sp³-hybridized carbons (Fsp3) is 0.500. The van der Waals surface area contributed by atoms with Crippen molar-refractivity contribution in [2.24, 2.45) is 0 Å². The summed E-state index contributed by atoms with van der Waals surface area (Å²) in [6.45, 7) is 4.00. The lowest BCUT2D eigenvalue weighted by Gasteiger charge is -2.29. The lowest BCUT2D eigenvalue weighted by Crippen LogP contribution is -2.43. The van der Waals surface area contributed by atoms with Crippen molar-refractivity contribution in [2.45, 2.75) is 13.0 Å². The highest BCUT2D eigenvalue weighted by atomic mass is 32.1. The molecule has 0 saturated heterocycles. The predicted octanol–water partition coefficient (Wildman–Crippen LogP) is 1.47. The Hall–Kier alpha value is -0.590. The summed E-state index contributed by atoms with van der Waals surface area (Å²) in [5.41, 5.74) is 4.54. The van der Waals surface area contributed by atoms with E-state index in [9.17, 15) is 0 Å². The maximum absolute atomic E-state index is 4.01. The van der Waals surface area contributed by atoms with Crippen LogP contribution in [0.15, 0.2) is 30.3 Å². The molecule has 5 heteroatoms. The first-order valence-electron chi connectivity index (χ1n) is 5.79. The van der Waals surface area contributed by atoms with E-state index in [1.807, 2.05) is 25.2 Å². The summed E-state index contributed by atoms with van der Waals surface area (Å²) < 4.78 is 0. The number of hydrazine groups is 2. The van der Waals surface area contributed by atoms with Gasteiger partial charge in [0, 0.05) is 26.2 Å². The number of rotatable bonds is 7. The average molecular weight is 254 g/mol. The van der Waals surface area contributed by atoms with Crippen LogP contribution in [0.25, 0.3) is 0 Å². The van der Waals surface area contributed by atoms with Crippen molar-refractivity contribution < 1.29 is 0 Å². The summed E-state index contributed by atoms with van der Waals surface area (Å²) in [7, 11) is 3.92. The maximum atomic E-state index is 4.01. The van der Waals surface area contributed by atoms with Gasteiger partial charge in [0.1, 0.15) is 0 Å². The van der Waals surface area contributed by atoms with Gasteiger partial charge in [-0.15, -0.1) is 0 Å². The van der Waals surface area contributed by atoms with Crippen molar-refractivity contribution in [3.8, 4) is 0 Å². The monoisotopic (exact) mass is 254 g/mol. The first kappa shape index (κ1) is 14.5. The second-order valence-electron chi connectivity index (χ2n) is 4.03. The van der Waals surface area contributed by atoms with Crippen LogP contribution in [0.1, 0.15) is 18.5 Å². The normalized spacial score (nSPS) is 13.3.